The first kappa shape index (κ1) is 8.01. The molecule has 2 aliphatic rings. The van der Waals surface area contributed by atoms with Gasteiger partial charge in [-0.25, -0.2) is 0 Å². The van der Waals surface area contributed by atoms with Crippen molar-refractivity contribution in [1.29, 1.82) is 0 Å². The zero-order valence-electron chi connectivity index (χ0n) is 7.70. The summed E-state index contributed by atoms with van der Waals surface area (Å²) in [4.78, 5) is 1.42. The average molecular weight is 193 g/mol. The molecule has 0 aromatic carbocycles. The molecule has 0 aliphatic heterocycles. The Morgan fingerprint density at radius 2 is 2.00 bits per heavy atom. The van der Waals surface area contributed by atoms with Gasteiger partial charge in [0.1, 0.15) is 0 Å². The van der Waals surface area contributed by atoms with Gasteiger partial charge in [-0.2, -0.15) is 0 Å². The summed E-state index contributed by atoms with van der Waals surface area (Å²) in [5, 5.41) is 2.15. The number of hydrogen-bond donors (Lipinski definition) is 1. The Hall–Kier alpha value is -0.340. The molecule has 2 N–H and O–H groups in total. The highest BCUT2D eigenvalue weighted by Gasteiger charge is 2.63. The molecule has 2 heteroatoms. The van der Waals surface area contributed by atoms with Crippen molar-refractivity contribution in [3.8, 4) is 0 Å². The number of hydrogen-bond acceptors (Lipinski definition) is 2. The SMILES string of the molecule is NC1(c2cccs2)C2CCCCC21. The summed E-state index contributed by atoms with van der Waals surface area (Å²) >= 11 is 1.83. The van der Waals surface area contributed by atoms with E-state index in [1.165, 1.54) is 30.6 Å². The van der Waals surface area contributed by atoms with Crippen LogP contribution in [0.2, 0.25) is 0 Å². The molecule has 2 aliphatic carbocycles. The van der Waals surface area contributed by atoms with Gasteiger partial charge in [-0.3, -0.25) is 0 Å². The van der Waals surface area contributed by atoms with Crippen molar-refractivity contribution in [3.63, 3.8) is 0 Å². The Morgan fingerprint density at radius 1 is 1.31 bits per heavy atom. The topological polar surface area (TPSA) is 26.0 Å². The Bertz CT molecular complexity index is 292. The highest BCUT2D eigenvalue weighted by molar-refractivity contribution is 7.10. The summed E-state index contributed by atoms with van der Waals surface area (Å²) < 4.78 is 0. The van der Waals surface area contributed by atoms with Crippen LogP contribution in [-0.4, -0.2) is 0 Å². The van der Waals surface area contributed by atoms with Crippen LogP contribution in [-0.2, 0) is 5.54 Å². The highest BCUT2D eigenvalue weighted by atomic mass is 32.1. The van der Waals surface area contributed by atoms with Crippen molar-refractivity contribution >= 4 is 11.3 Å². The van der Waals surface area contributed by atoms with Crippen molar-refractivity contribution in [2.24, 2.45) is 17.6 Å². The van der Waals surface area contributed by atoms with Crippen molar-refractivity contribution in [2.75, 3.05) is 0 Å². The first-order valence-electron chi connectivity index (χ1n) is 5.16. The Balaban J connectivity index is 1.92. The van der Waals surface area contributed by atoms with Gasteiger partial charge < -0.3 is 5.73 Å². The summed E-state index contributed by atoms with van der Waals surface area (Å²) in [5.41, 5.74) is 6.56. The molecule has 3 rings (SSSR count). The maximum absolute atomic E-state index is 6.47. The van der Waals surface area contributed by atoms with Crippen LogP contribution in [0.25, 0.3) is 0 Å². The van der Waals surface area contributed by atoms with Crippen LogP contribution in [0.15, 0.2) is 17.5 Å². The Kier molecular flexibility index (Phi) is 1.59. The molecule has 0 bridgehead atoms. The molecule has 0 saturated heterocycles. The van der Waals surface area contributed by atoms with Crippen LogP contribution in [0.1, 0.15) is 30.6 Å². The van der Waals surface area contributed by atoms with Gasteiger partial charge in [-0.15, -0.1) is 11.3 Å². The zero-order chi connectivity index (χ0) is 8.89. The normalized spacial score (nSPS) is 42.8. The molecule has 0 amide bonds. The molecule has 0 spiro atoms. The van der Waals surface area contributed by atoms with E-state index in [0.29, 0.717) is 0 Å². The molecule has 2 atom stereocenters. The van der Waals surface area contributed by atoms with Crippen LogP contribution in [0.3, 0.4) is 0 Å². The third kappa shape index (κ3) is 0.960. The van der Waals surface area contributed by atoms with Gasteiger partial charge in [-0.1, -0.05) is 18.9 Å². The molecule has 70 valence electrons. The molecular formula is C11H15NS. The van der Waals surface area contributed by atoms with E-state index in [1.54, 1.807) is 0 Å². The van der Waals surface area contributed by atoms with E-state index in [2.05, 4.69) is 17.5 Å². The number of thiophene rings is 1. The predicted molar refractivity (Wildman–Crippen MR) is 55.6 cm³/mol. The quantitative estimate of drug-likeness (QED) is 0.729. The number of nitrogens with two attached hydrogens (primary N) is 1. The Morgan fingerprint density at radius 3 is 2.54 bits per heavy atom. The summed E-state index contributed by atoms with van der Waals surface area (Å²) in [5.74, 6) is 1.61. The predicted octanol–water partition coefficient (Wildman–Crippen LogP) is 2.72. The Labute approximate surface area is 83.0 Å². The lowest BCUT2D eigenvalue weighted by Crippen LogP contribution is -2.22. The molecule has 13 heavy (non-hydrogen) atoms. The van der Waals surface area contributed by atoms with Crippen molar-refractivity contribution < 1.29 is 0 Å². The molecule has 1 heterocycles. The molecule has 0 radical (unpaired) electrons. The minimum absolute atomic E-state index is 0.0880. The molecular weight excluding hydrogens is 178 g/mol. The maximum Gasteiger partial charge on any atom is 0.0567 e. The van der Waals surface area contributed by atoms with E-state index in [1.807, 2.05) is 11.3 Å². The second kappa shape index (κ2) is 2.58. The van der Waals surface area contributed by atoms with Crippen LogP contribution >= 0.6 is 11.3 Å². The van der Waals surface area contributed by atoms with E-state index in [-0.39, 0.29) is 5.54 Å². The summed E-state index contributed by atoms with van der Waals surface area (Å²) in [6.07, 6.45) is 5.51. The van der Waals surface area contributed by atoms with Gasteiger partial charge in [-0.05, 0) is 36.1 Å². The fraction of sp³-hybridized carbons (Fsp3) is 0.636. The summed E-state index contributed by atoms with van der Waals surface area (Å²) in [6, 6.07) is 4.34. The van der Waals surface area contributed by atoms with E-state index in [4.69, 9.17) is 5.73 Å². The van der Waals surface area contributed by atoms with Crippen molar-refractivity contribution in [1.82, 2.24) is 0 Å². The lowest BCUT2D eigenvalue weighted by molar-refractivity contribution is 0.480. The number of fused-ring (bicyclic) bond motifs is 1. The fourth-order valence-corrected chi connectivity index (χ4v) is 4.03. The van der Waals surface area contributed by atoms with Gasteiger partial charge in [0.2, 0.25) is 0 Å². The summed E-state index contributed by atoms with van der Waals surface area (Å²) in [6.45, 7) is 0. The minimum atomic E-state index is 0.0880. The van der Waals surface area contributed by atoms with E-state index < -0.39 is 0 Å². The molecule has 1 aromatic heterocycles. The minimum Gasteiger partial charge on any atom is -0.320 e. The monoisotopic (exact) mass is 193 g/mol. The molecule has 2 fully saturated rings. The fourth-order valence-electron chi connectivity index (χ4n) is 3.06. The van der Waals surface area contributed by atoms with Crippen molar-refractivity contribution in [3.05, 3.63) is 22.4 Å². The lowest BCUT2D eigenvalue weighted by Gasteiger charge is -2.07. The van der Waals surface area contributed by atoms with E-state index in [0.717, 1.165) is 11.8 Å². The van der Waals surface area contributed by atoms with Gasteiger partial charge in [0.25, 0.3) is 0 Å². The van der Waals surface area contributed by atoms with Crippen LogP contribution < -0.4 is 5.73 Å². The third-order valence-corrected chi connectivity index (χ3v) is 4.87. The van der Waals surface area contributed by atoms with E-state index in [9.17, 15) is 0 Å². The molecule has 1 nitrogen and oxygen atoms in total. The largest absolute Gasteiger partial charge is 0.320 e. The molecule has 2 unspecified atom stereocenters. The first-order valence-corrected chi connectivity index (χ1v) is 6.04. The van der Waals surface area contributed by atoms with E-state index >= 15 is 0 Å². The van der Waals surface area contributed by atoms with Crippen LogP contribution in [0, 0.1) is 11.8 Å². The lowest BCUT2D eigenvalue weighted by atomic mass is 10.0. The second-order valence-corrected chi connectivity index (χ2v) is 5.36. The standard InChI is InChI=1S/C11H15NS/c12-11(10-6-3-7-13-10)8-4-1-2-5-9(8)11/h3,6-9H,1-2,4-5,12H2. The van der Waals surface area contributed by atoms with Gasteiger partial charge >= 0.3 is 0 Å². The molecule has 1 aromatic rings. The van der Waals surface area contributed by atoms with Gasteiger partial charge in [0, 0.05) is 4.88 Å². The van der Waals surface area contributed by atoms with Gasteiger partial charge in [0.15, 0.2) is 0 Å². The average Bonchev–Trinajstić information content (AvgIpc) is 2.62. The third-order valence-electron chi connectivity index (χ3n) is 3.83. The smallest absolute Gasteiger partial charge is 0.0567 e. The number of rotatable bonds is 1. The zero-order valence-corrected chi connectivity index (χ0v) is 8.52. The van der Waals surface area contributed by atoms with Crippen LogP contribution in [0.5, 0.6) is 0 Å². The maximum atomic E-state index is 6.47. The second-order valence-electron chi connectivity index (χ2n) is 4.41. The summed E-state index contributed by atoms with van der Waals surface area (Å²) in [7, 11) is 0. The van der Waals surface area contributed by atoms with Crippen molar-refractivity contribution in [2.45, 2.75) is 31.2 Å². The first-order chi connectivity index (χ1) is 6.33. The van der Waals surface area contributed by atoms with Gasteiger partial charge in [0.05, 0.1) is 5.54 Å². The van der Waals surface area contributed by atoms with Crippen LogP contribution in [0.4, 0.5) is 0 Å². The highest BCUT2D eigenvalue weighted by Crippen LogP contribution is 2.63. The molecule has 2 saturated carbocycles.